The number of hydrogen-bond donors (Lipinski definition) is 1. The number of para-hydroxylation sites is 1. The Morgan fingerprint density at radius 3 is 2.21 bits per heavy atom. The molecule has 0 aromatic heterocycles. The maximum absolute atomic E-state index is 12.9. The zero-order valence-corrected chi connectivity index (χ0v) is 17.5. The highest BCUT2D eigenvalue weighted by atomic mass is 32.2. The van der Waals surface area contributed by atoms with Gasteiger partial charge < -0.3 is 4.90 Å². The van der Waals surface area contributed by atoms with Gasteiger partial charge in [-0.15, -0.1) is 0 Å². The first-order valence-electron chi connectivity index (χ1n) is 9.39. The van der Waals surface area contributed by atoms with Gasteiger partial charge in [0, 0.05) is 23.5 Å². The molecule has 5 nitrogen and oxygen atoms in total. The molecule has 0 saturated carbocycles. The van der Waals surface area contributed by atoms with E-state index >= 15 is 0 Å². The summed E-state index contributed by atoms with van der Waals surface area (Å²) in [6.45, 7) is 6.06. The van der Waals surface area contributed by atoms with Crippen LogP contribution in [0.1, 0.15) is 28.4 Å². The third-order valence-corrected chi connectivity index (χ3v) is 6.17. The fraction of sp³-hybridized carbons (Fsp3) is 0.174. The second-order valence-electron chi connectivity index (χ2n) is 6.84. The Morgan fingerprint density at radius 2 is 1.59 bits per heavy atom. The minimum absolute atomic E-state index is 0.136. The van der Waals surface area contributed by atoms with Gasteiger partial charge in [-0.05, 0) is 74.4 Å². The van der Waals surface area contributed by atoms with Gasteiger partial charge in [-0.3, -0.25) is 9.52 Å². The normalized spacial score (nSPS) is 11.1. The monoisotopic (exact) mass is 408 g/mol. The van der Waals surface area contributed by atoms with Gasteiger partial charge in [0.25, 0.3) is 15.9 Å². The molecule has 0 aliphatic heterocycles. The first kappa shape index (κ1) is 20.6. The molecule has 0 atom stereocenters. The number of nitrogens with zero attached hydrogens (tertiary/aromatic N) is 1. The van der Waals surface area contributed by atoms with E-state index in [4.69, 9.17) is 0 Å². The van der Waals surface area contributed by atoms with E-state index in [9.17, 15) is 13.2 Å². The molecular weight excluding hydrogens is 384 g/mol. The molecule has 0 bridgehead atoms. The molecular formula is C23H24N2O3S. The van der Waals surface area contributed by atoms with Crippen LogP contribution in [0, 0.1) is 13.8 Å². The number of aryl methyl sites for hydroxylation is 2. The maximum atomic E-state index is 12.9. The summed E-state index contributed by atoms with van der Waals surface area (Å²) in [4.78, 5) is 14.8. The van der Waals surface area contributed by atoms with E-state index < -0.39 is 10.0 Å². The Hall–Kier alpha value is -3.12. The number of sulfonamides is 1. The lowest BCUT2D eigenvalue weighted by Gasteiger charge is -2.21. The highest BCUT2D eigenvalue weighted by Crippen LogP contribution is 2.22. The minimum atomic E-state index is -3.71. The van der Waals surface area contributed by atoms with Crippen LogP contribution in [0.15, 0.2) is 77.7 Å². The van der Waals surface area contributed by atoms with Crippen molar-refractivity contribution < 1.29 is 13.2 Å². The van der Waals surface area contributed by atoms with Crippen molar-refractivity contribution in [2.75, 3.05) is 16.2 Å². The third-order valence-electron chi connectivity index (χ3n) is 4.65. The smallest absolute Gasteiger partial charge is 0.262 e. The van der Waals surface area contributed by atoms with Gasteiger partial charge in [-0.25, -0.2) is 8.42 Å². The molecule has 0 unspecified atom stereocenters. The molecule has 3 aromatic rings. The molecule has 1 N–H and O–H groups in total. The summed E-state index contributed by atoms with van der Waals surface area (Å²) in [5.74, 6) is -0.136. The Labute approximate surface area is 172 Å². The summed E-state index contributed by atoms with van der Waals surface area (Å²) in [7, 11) is -3.71. The largest absolute Gasteiger partial charge is 0.309 e. The number of benzene rings is 3. The molecule has 0 heterocycles. The van der Waals surface area contributed by atoms with Gasteiger partial charge in [-0.1, -0.05) is 30.3 Å². The zero-order valence-electron chi connectivity index (χ0n) is 16.7. The molecule has 29 heavy (non-hydrogen) atoms. The van der Waals surface area contributed by atoms with Crippen LogP contribution in [0.4, 0.5) is 11.4 Å². The summed E-state index contributed by atoms with van der Waals surface area (Å²) in [6, 6.07) is 21.2. The third kappa shape index (κ3) is 4.66. The molecule has 0 aliphatic carbocycles. The van der Waals surface area contributed by atoms with E-state index in [0.29, 0.717) is 23.4 Å². The van der Waals surface area contributed by atoms with Crippen molar-refractivity contribution in [2.45, 2.75) is 25.7 Å². The predicted molar refractivity (Wildman–Crippen MR) is 117 cm³/mol. The fourth-order valence-electron chi connectivity index (χ4n) is 3.10. The first-order chi connectivity index (χ1) is 13.8. The number of hydrogen-bond acceptors (Lipinski definition) is 3. The summed E-state index contributed by atoms with van der Waals surface area (Å²) in [5.41, 5.74) is 3.27. The Kier molecular flexibility index (Phi) is 6.03. The molecule has 1 amide bonds. The van der Waals surface area contributed by atoms with Crippen molar-refractivity contribution in [3.8, 4) is 0 Å². The number of carbonyl (C=O) groups is 1. The van der Waals surface area contributed by atoms with Crippen LogP contribution < -0.4 is 9.62 Å². The SMILES string of the molecule is CCN(C(=O)c1ccc(NS(=O)(=O)c2cc(C)ccc2C)cc1)c1ccccc1. The summed E-state index contributed by atoms with van der Waals surface area (Å²) in [5, 5.41) is 0. The summed E-state index contributed by atoms with van der Waals surface area (Å²) in [6.07, 6.45) is 0. The highest BCUT2D eigenvalue weighted by Gasteiger charge is 2.19. The van der Waals surface area contributed by atoms with Crippen molar-refractivity contribution >= 4 is 27.3 Å². The molecule has 0 fully saturated rings. The van der Waals surface area contributed by atoms with Gasteiger partial charge >= 0.3 is 0 Å². The topological polar surface area (TPSA) is 66.5 Å². The van der Waals surface area contributed by atoms with E-state index in [-0.39, 0.29) is 10.8 Å². The van der Waals surface area contributed by atoms with Crippen LogP contribution in [0.25, 0.3) is 0 Å². The van der Waals surface area contributed by atoms with Crippen LogP contribution in [-0.2, 0) is 10.0 Å². The second kappa shape index (κ2) is 8.49. The number of anilines is 2. The van der Waals surface area contributed by atoms with Crippen LogP contribution in [-0.4, -0.2) is 20.9 Å². The molecule has 3 aromatic carbocycles. The second-order valence-corrected chi connectivity index (χ2v) is 8.49. The Balaban J connectivity index is 1.81. The lowest BCUT2D eigenvalue weighted by Crippen LogP contribution is -2.30. The number of amides is 1. The quantitative estimate of drug-likeness (QED) is 0.639. The van der Waals surface area contributed by atoms with Crippen molar-refractivity contribution in [1.29, 1.82) is 0 Å². The van der Waals surface area contributed by atoms with E-state index in [1.165, 1.54) is 0 Å². The van der Waals surface area contributed by atoms with E-state index in [1.807, 2.05) is 50.2 Å². The van der Waals surface area contributed by atoms with Crippen molar-refractivity contribution in [3.63, 3.8) is 0 Å². The molecule has 0 radical (unpaired) electrons. The van der Waals surface area contributed by atoms with Gasteiger partial charge in [0.15, 0.2) is 0 Å². The van der Waals surface area contributed by atoms with Crippen LogP contribution in [0.5, 0.6) is 0 Å². The van der Waals surface area contributed by atoms with Crippen molar-refractivity contribution in [1.82, 2.24) is 0 Å². The molecule has 6 heteroatoms. The van der Waals surface area contributed by atoms with Gasteiger partial charge in [-0.2, -0.15) is 0 Å². The van der Waals surface area contributed by atoms with Crippen LogP contribution in [0.2, 0.25) is 0 Å². The summed E-state index contributed by atoms with van der Waals surface area (Å²) >= 11 is 0. The molecule has 150 valence electrons. The van der Waals surface area contributed by atoms with E-state index in [0.717, 1.165) is 11.3 Å². The highest BCUT2D eigenvalue weighted by molar-refractivity contribution is 7.92. The molecule has 0 aliphatic rings. The number of rotatable bonds is 6. The lowest BCUT2D eigenvalue weighted by atomic mass is 10.1. The average Bonchev–Trinajstić information content (AvgIpc) is 2.71. The zero-order chi connectivity index (χ0) is 21.0. The Morgan fingerprint density at radius 1 is 0.931 bits per heavy atom. The van der Waals surface area contributed by atoms with Crippen molar-refractivity contribution in [2.24, 2.45) is 0 Å². The van der Waals surface area contributed by atoms with Crippen molar-refractivity contribution in [3.05, 3.63) is 89.5 Å². The standard InChI is InChI=1S/C23H24N2O3S/c1-4-25(21-8-6-5-7-9-21)23(26)19-12-14-20(15-13-19)24-29(27,28)22-16-17(2)10-11-18(22)3/h5-16,24H,4H2,1-3H3. The van der Waals surface area contributed by atoms with Crippen LogP contribution >= 0.6 is 0 Å². The maximum Gasteiger partial charge on any atom is 0.262 e. The minimum Gasteiger partial charge on any atom is -0.309 e. The first-order valence-corrected chi connectivity index (χ1v) is 10.9. The van der Waals surface area contributed by atoms with E-state index in [1.54, 1.807) is 48.2 Å². The average molecular weight is 409 g/mol. The van der Waals surface area contributed by atoms with Crippen LogP contribution in [0.3, 0.4) is 0 Å². The lowest BCUT2D eigenvalue weighted by molar-refractivity contribution is 0.0988. The summed E-state index contributed by atoms with van der Waals surface area (Å²) < 4.78 is 28.1. The molecule has 0 spiro atoms. The predicted octanol–water partition coefficient (Wildman–Crippen LogP) is 4.77. The fourth-order valence-corrected chi connectivity index (χ4v) is 4.48. The van der Waals surface area contributed by atoms with Gasteiger partial charge in [0.2, 0.25) is 0 Å². The van der Waals surface area contributed by atoms with Gasteiger partial charge in [0.1, 0.15) is 0 Å². The molecule has 3 rings (SSSR count). The Bertz CT molecular complexity index is 1110. The number of carbonyl (C=O) groups excluding carboxylic acids is 1. The van der Waals surface area contributed by atoms with E-state index in [2.05, 4.69) is 4.72 Å². The number of nitrogens with one attached hydrogen (secondary N) is 1. The molecule has 0 saturated heterocycles. The van der Waals surface area contributed by atoms with Gasteiger partial charge in [0.05, 0.1) is 4.90 Å².